The highest BCUT2D eigenvalue weighted by atomic mass is 16.2. The van der Waals surface area contributed by atoms with Crippen molar-refractivity contribution >= 4 is 23.3 Å². The van der Waals surface area contributed by atoms with Gasteiger partial charge in [-0.15, -0.1) is 0 Å². The fourth-order valence-corrected chi connectivity index (χ4v) is 3.30. The number of hydrogen-bond acceptors (Lipinski definition) is 3. The van der Waals surface area contributed by atoms with Crippen molar-refractivity contribution in [3.8, 4) is 0 Å². The van der Waals surface area contributed by atoms with Crippen LogP contribution in [0.15, 0.2) is 30.5 Å². The monoisotopic (exact) mass is 354 g/mol. The molecule has 1 aliphatic heterocycles. The predicted octanol–water partition coefficient (Wildman–Crippen LogP) is 3.25. The molecule has 2 aromatic rings. The van der Waals surface area contributed by atoms with Crippen LogP contribution >= 0.6 is 0 Å². The van der Waals surface area contributed by atoms with Gasteiger partial charge < -0.3 is 10.2 Å². The van der Waals surface area contributed by atoms with Crippen LogP contribution in [0.1, 0.15) is 38.3 Å². The number of carbonyl (C=O) groups is 2. The second-order valence-corrected chi connectivity index (χ2v) is 7.91. The standard InChI is InChI=1S/C20H26N4O2/c1-13-7-6-8-16(14(13)2)23-12-15(11-18(23)25)19(26)22-17-9-10-21-24(17)20(3,4)5/h6-10,15H,11-12H2,1-5H3,(H,22,26). The van der Waals surface area contributed by atoms with Crippen LogP contribution in [0, 0.1) is 19.8 Å². The average molecular weight is 354 g/mol. The van der Waals surface area contributed by atoms with Gasteiger partial charge in [0.25, 0.3) is 0 Å². The van der Waals surface area contributed by atoms with Gasteiger partial charge in [-0.25, -0.2) is 4.68 Å². The zero-order valence-corrected chi connectivity index (χ0v) is 16.0. The smallest absolute Gasteiger partial charge is 0.230 e. The Labute approximate surface area is 154 Å². The Morgan fingerprint density at radius 2 is 1.96 bits per heavy atom. The summed E-state index contributed by atoms with van der Waals surface area (Å²) in [6.07, 6.45) is 1.89. The number of hydrogen-bond donors (Lipinski definition) is 1. The summed E-state index contributed by atoms with van der Waals surface area (Å²) in [5.74, 6) is 0.131. The molecule has 1 aromatic heterocycles. The van der Waals surface area contributed by atoms with E-state index in [1.165, 1.54) is 0 Å². The number of rotatable bonds is 3. The Bertz CT molecular complexity index is 848. The minimum atomic E-state index is -0.370. The van der Waals surface area contributed by atoms with Gasteiger partial charge in [-0.3, -0.25) is 9.59 Å². The van der Waals surface area contributed by atoms with Gasteiger partial charge >= 0.3 is 0 Å². The topological polar surface area (TPSA) is 67.2 Å². The van der Waals surface area contributed by atoms with Crippen LogP contribution in [0.3, 0.4) is 0 Å². The first-order chi connectivity index (χ1) is 12.2. The van der Waals surface area contributed by atoms with E-state index in [4.69, 9.17) is 0 Å². The number of anilines is 2. The molecule has 2 heterocycles. The van der Waals surface area contributed by atoms with Gasteiger partial charge in [-0.05, 0) is 51.8 Å². The van der Waals surface area contributed by atoms with Crippen LogP contribution in [-0.2, 0) is 15.1 Å². The predicted molar refractivity (Wildman–Crippen MR) is 102 cm³/mol. The summed E-state index contributed by atoms with van der Waals surface area (Å²) in [4.78, 5) is 27.0. The molecule has 0 bridgehead atoms. The molecular weight excluding hydrogens is 328 g/mol. The fourth-order valence-electron chi connectivity index (χ4n) is 3.30. The van der Waals surface area contributed by atoms with E-state index in [0.29, 0.717) is 12.4 Å². The van der Waals surface area contributed by atoms with Crippen molar-refractivity contribution in [2.45, 2.75) is 46.6 Å². The first kappa shape index (κ1) is 18.2. The molecule has 0 aliphatic carbocycles. The fraction of sp³-hybridized carbons (Fsp3) is 0.450. The van der Waals surface area contributed by atoms with E-state index in [2.05, 4.69) is 10.4 Å². The third-order valence-electron chi connectivity index (χ3n) is 4.89. The Morgan fingerprint density at radius 3 is 2.65 bits per heavy atom. The first-order valence-corrected chi connectivity index (χ1v) is 8.90. The van der Waals surface area contributed by atoms with Gasteiger partial charge in [0.1, 0.15) is 5.82 Å². The summed E-state index contributed by atoms with van der Waals surface area (Å²) in [6.45, 7) is 10.5. The van der Waals surface area contributed by atoms with E-state index in [9.17, 15) is 9.59 Å². The Morgan fingerprint density at radius 1 is 1.23 bits per heavy atom. The zero-order valence-electron chi connectivity index (χ0n) is 16.0. The lowest BCUT2D eigenvalue weighted by Crippen LogP contribution is -2.31. The van der Waals surface area contributed by atoms with E-state index in [1.54, 1.807) is 21.8 Å². The van der Waals surface area contributed by atoms with Gasteiger partial charge in [0.15, 0.2) is 0 Å². The van der Waals surface area contributed by atoms with Crippen molar-refractivity contribution in [2.75, 3.05) is 16.8 Å². The highest BCUT2D eigenvalue weighted by Gasteiger charge is 2.36. The molecular formula is C20H26N4O2. The second-order valence-electron chi connectivity index (χ2n) is 7.91. The summed E-state index contributed by atoms with van der Waals surface area (Å²) in [5, 5.41) is 7.23. The molecule has 3 rings (SSSR count). The maximum atomic E-state index is 12.7. The van der Waals surface area contributed by atoms with Crippen LogP contribution in [0.5, 0.6) is 0 Å². The maximum absolute atomic E-state index is 12.7. The Kier molecular flexibility index (Phi) is 4.61. The lowest BCUT2D eigenvalue weighted by molar-refractivity contribution is -0.122. The van der Waals surface area contributed by atoms with Gasteiger partial charge in [0, 0.05) is 24.7 Å². The molecule has 26 heavy (non-hydrogen) atoms. The van der Waals surface area contributed by atoms with Crippen LogP contribution < -0.4 is 10.2 Å². The molecule has 1 saturated heterocycles. The van der Waals surface area contributed by atoms with E-state index < -0.39 is 0 Å². The SMILES string of the molecule is Cc1cccc(N2CC(C(=O)Nc3ccnn3C(C)(C)C)CC2=O)c1C. The van der Waals surface area contributed by atoms with Crippen molar-refractivity contribution in [1.29, 1.82) is 0 Å². The molecule has 6 nitrogen and oxygen atoms in total. The molecule has 1 atom stereocenters. The highest BCUT2D eigenvalue weighted by Crippen LogP contribution is 2.30. The minimum Gasteiger partial charge on any atom is -0.311 e. The van der Waals surface area contributed by atoms with Crippen LogP contribution in [0.25, 0.3) is 0 Å². The Balaban J connectivity index is 1.76. The van der Waals surface area contributed by atoms with Crippen LogP contribution in [0.4, 0.5) is 11.5 Å². The van der Waals surface area contributed by atoms with Crippen molar-refractivity contribution in [1.82, 2.24) is 9.78 Å². The normalized spacial score (nSPS) is 17.7. The third-order valence-corrected chi connectivity index (χ3v) is 4.89. The molecule has 0 radical (unpaired) electrons. The van der Waals surface area contributed by atoms with Crippen LogP contribution in [0.2, 0.25) is 0 Å². The van der Waals surface area contributed by atoms with Gasteiger partial charge in [0.05, 0.1) is 17.7 Å². The lowest BCUT2D eigenvalue weighted by atomic mass is 10.1. The lowest BCUT2D eigenvalue weighted by Gasteiger charge is -2.23. The van der Waals surface area contributed by atoms with E-state index >= 15 is 0 Å². The first-order valence-electron chi connectivity index (χ1n) is 8.90. The number of aryl methyl sites for hydroxylation is 1. The van der Waals surface area contributed by atoms with Crippen molar-refractivity contribution in [3.05, 3.63) is 41.6 Å². The van der Waals surface area contributed by atoms with Gasteiger partial charge in [-0.1, -0.05) is 12.1 Å². The van der Waals surface area contributed by atoms with Gasteiger partial charge in [-0.2, -0.15) is 5.10 Å². The summed E-state index contributed by atoms with van der Waals surface area (Å²) in [6, 6.07) is 7.69. The molecule has 1 aromatic carbocycles. The molecule has 6 heteroatoms. The number of amides is 2. The molecule has 0 spiro atoms. The average Bonchev–Trinajstić information content (AvgIpc) is 3.16. The quantitative estimate of drug-likeness (QED) is 0.920. The third kappa shape index (κ3) is 3.36. The number of aromatic nitrogens is 2. The molecule has 1 aliphatic rings. The number of nitrogens with one attached hydrogen (secondary N) is 1. The number of carbonyl (C=O) groups excluding carboxylic acids is 2. The molecule has 0 saturated carbocycles. The second kappa shape index (κ2) is 6.59. The van der Waals surface area contributed by atoms with E-state index in [-0.39, 0.29) is 29.7 Å². The molecule has 1 fully saturated rings. The molecule has 1 N–H and O–H groups in total. The van der Waals surface area contributed by atoms with Crippen LogP contribution in [-0.4, -0.2) is 28.1 Å². The zero-order chi connectivity index (χ0) is 19.1. The molecule has 1 unspecified atom stereocenters. The minimum absolute atomic E-state index is 0.0109. The van der Waals surface area contributed by atoms with E-state index in [1.807, 2.05) is 52.8 Å². The number of nitrogens with zero attached hydrogens (tertiary/aromatic N) is 3. The molecule has 138 valence electrons. The Hall–Kier alpha value is -2.63. The highest BCUT2D eigenvalue weighted by molar-refractivity contribution is 6.03. The summed E-state index contributed by atoms with van der Waals surface area (Å²) in [5.41, 5.74) is 2.87. The van der Waals surface area contributed by atoms with Crippen molar-refractivity contribution in [2.24, 2.45) is 5.92 Å². The van der Waals surface area contributed by atoms with Crippen molar-refractivity contribution < 1.29 is 9.59 Å². The van der Waals surface area contributed by atoms with Crippen molar-refractivity contribution in [3.63, 3.8) is 0 Å². The van der Waals surface area contributed by atoms with Gasteiger partial charge in [0.2, 0.25) is 11.8 Å². The number of benzene rings is 1. The maximum Gasteiger partial charge on any atom is 0.230 e. The molecule has 2 amide bonds. The largest absolute Gasteiger partial charge is 0.311 e. The summed E-state index contributed by atoms with van der Waals surface area (Å²) >= 11 is 0. The summed E-state index contributed by atoms with van der Waals surface area (Å²) in [7, 11) is 0. The summed E-state index contributed by atoms with van der Waals surface area (Å²) < 4.78 is 1.78. The van der Waals surface area contributed by atoms with E-state index in [0.717, 1.165) is 16.8 Å².